The molecule has 0 saturated heterocycles. The molecule has 0 spiro atoms. The molecule has 21 heavy (non-hydrogen) atoms. The fourth-order valence-electron chi connectivity index (χ4n) is 2.76. The number of ketones is 1. The van der Waals surface area contributed by atoms with Crippen LogP contribution in [0.3, 0.4) is 0 Å². The van der Waals surface area contributed by atoms with Gasteiger partial charge < -0.3 is 0 Å². The zero-order valence-electron chi connectivity index (χ0n) is 11.2. The minimum absolute atomic E-state index is 0.0436. The first kappa shape index (κ1) is 15.9. The first-order valence-corrected chi connectivity index (χ1v) is 6.81. The van der Waals surface area contributed by atoms with Crippen LogP contribution < -0.4 is 0 Å². The number of halogens is 5. The van der Waals surface area contributed by atoms with Gasteiger partial charge in [0.05, 0.1) is 5.92 Å². The molecular formula is C15H15F5O. The molecule has 0 heterocycles. The van der Waals surface area contributed by atoms with Gasteiger partial charge in [0.1, 0.15) is 5.78 Å². The SMILES string of the molecule is O=C(Cc1cccc(F)c1F)C1CCC(C(F)(F)F)CC1. The summed E-state index contributed by atoms with van der Waals surface area (Å²) < 4.78 is 64.1. The summed E-state index contributed by atoms with van der Waals surface area (Å²) in [5.74, 6) is -4.25. The van der Waals surface area contributed by atoms with Crippen molar-refractivity contribution in [2.75, 3.05) is 0 Å². The molecule has 1 aromatic carbocycles. The maximum absolute atomic E-state index is 13.5. The molecule has 0 amide bonds. The van der Waals surface area contributed by atoms with Crippen LogP contribution in [0.15, 0.2) is 18.2 Å². The lowest BCUT2D eigenvalue weighted by Gasteiger charge is -2.29. The van der Waals surface area contributed by atoms with Gasteiger partial charge in [-0.1, -0.05) is 12.1 Å². The molecule has 0 bridgehead atoms. The van der Waals surface area contributed by atoms with Gasteiger partial charge >= 0.3 is 6.18 Å². The predicted octanol–water partition coefficient (Wildman–Crippen LogP) is 4.45. The van der Waals surface area contributed by atoms with Crippen LogP contribution in [-0.4, -0.2) is 12.0 Å². The second-order valence-electron chi connectivity index (χ2n) is 5.45. The smallest absolute Gasteiger partial charge is 0.299 e. The number of carbonyl (C=O) groups excluding carboxylic acids is 1. The van der Waals surface area contributed by atoms with Crippen molar-refractivity contribution in [3.8, 4) is 0 Å². The van der Waals surface area contributed by atoms with E-state index in [9.17, 15) is 26.7 Å². The van der Waals surface area contributed by atoms with Gasteiger partial charge in [-0.2, -0.15) is 13.2 Å². The second-order valence-corrected chi connectivity index (χ2v) is 5.45. The highest BCUT2D eigenvalue weighted by atomic mass is 19.4. The summed E-state index contributed by atoms with van der Waals surface area (Å²) in [7, 11) is 0. The van der Waals surface area contributed by atoms with Crippen LogP contribution >= 0.6 is 0 Å². The molecule has 1 aliphatic carbocycles. The molecule has 1 aliphatic rings. The van der Waals surface area contributed by atoms with E-state index in [0.717, 1.165) is 6.07 Å². The number of hydrogen-bond acceptors (Lipinski definition) is 1. The Morgan fingerprint density at radius 3 is 2.29 bits per heavy atom. The highest BCUT2D eigenvalue weighted by molar-refractivity contribution is 5.83. The molecule has 2 rings (SSSR count). The molecular weight excluding hydrogens is 291 g/mol. The molecule has 6 heteroatoms. The van der Waals surface area contributed by atoms with E-state index >= 15 is 0 Å². The first-order valence-electron chi connectivity index (χ1n) is 6.81. The highest BCUT2D eigenvalue weighted by Crippen LogP contribution is 2.40. The summed E-state index contributed by atoms with van der Waals surface area (Å²) in [5, 5.41) is 0. The number of Topliss-reactive ketones (excluding diaryl/α,β-unsaturated/α-hetero) is 1. The number of benzene rings is 1. The number of rotatable bonds is 3. The summed E-state index contributed by atoms with van der Waals surface area (Å²) in [4.78, 5) is 12.0. The summed E-state index contributed by atoms with van der Waals surface area (Å²) in [6.45, 7) is 0. The van der Waals surface area contributed by atoms with E-state index in [0.29, 0.717) is 0 Å². The molecule has 0 atom stereocenters. The van der Waals surface area contributed by atoms with Gasteiger partial charge in [0.15, 0.2) is 11.6 Å². The van der Waals surface area contributed by atoms with E-state index in [1.54, 1.807) is 0 Å². The number of carbonyl (C=O) groups is 1. The van der Waals surface area contributed by atoms with Crippen molar-refractivity contribution in [3.05, 3.63) is 35.4 Å². The fourth-order valence-corrected chi connectivity index (χ4v) is 2.76. The lowest BCUT2D eigenvalue weighted by molar-refractivity contribution is -0.184. The van der Waals surface area contributed by atoms with Gasteiger partial charge in [0, 0.05) is 12.3 Å². The Labute approximate surface area is 119 Å². The van der Waals surface area contributed by atoms with Crippen LogP contribution in [-0.2, 0) is 11.2 Å². The Morgan fingerprint density at radius 2 is 1.71 bits per heavy atom. The van der Waals surface area contributed by atoms with E-state index in [1.165, 1.54) is 12.1 Å². The molecule has 0 aromatic heterocycles. The molecule has 1 nitrogen and oxygen atoms in total. The number of hydrogen-bond donors (Lipinski definition) is 0. The van der Waals surface area contributed by atoms with Crippen molar-refractivity contribution in [1.82, 2.24) is 0 Å². The lowest BCUT2D eigenvalue weighted by Crippen LogP contribution is -2.30. The molecule has 0 unspecified atom stereocenters. The Hall–Kier alpha value is -1.46. The summed E-state index contributed by atoms with van der Waals surface area (Å²) in [6.07, 6.45) is -4.34. The van der Waals surface area contributed by atoms with E-state index in [1.807, 2.05) is 0 Å². The quantitative estimate of drug-likeness (QED) is 0.754. The maximum Gasteiger partial charge on any atom is 0.391 e. The molecule has 1 fully saturated rings. The zero-order chi connectivity index (χ0) is 15.6. The topological polar surface area (TPSA) is 17.1 Å². The van der Waals surface area contributed by atoms with Crippen molar-refractivity contribution < 1.29 is 26.7 Å². The molecule has 0 N–H and O–H groups in total. The Bertz CT molecular complexity index is 515. The summed E-state index contributed by atoms with van der Waals surface area (Å²) in [6, 6.07) is 3.58. The van der Waals surface area contributed by atoms with E-state index in [2.05, 4.69) is 0 Å². The molecule has 1 aromatic rings. The molecule has 1 saturated carbocycles. The average molecular weight is 306 g/mol. The van der Waals surface area contributed by atoms with E-state index in [-0.39, 0.29) is 43.5 Å². The third kappa shape index (κ3) is 3.80. The fraction of sp³-hybridized carbons (Fsp3) is 0.533. The van der Waals surface area contributed by atoms with Gasteiger partial charge in [-0.3, -0.25) is 4.79 Å². The number of alkyl halides is 3. The zero-order valence-corrected chi connectivity index (χ0v) is 11.2. The van der Waals surface area contributed by atoms with E-state index in [4.69, 9.17) is 0 Å². The molecule has 0 radical (unpaired) electrons. The molecule has 0 aliphatic heterocycles. The van der Waals surface area contributed by atoms with Crippen molar-refractivity contribution in [2.24, 2.45) is 11.8 Å². The predicted molar refractivity (Wildman–Crippen MR) is 66.6 cm³/mol. The van der Waals surface area contributed by atoms with Crippen LogP contribution in [0.25, 0.3) is 0 Å². The summed E-state index contributed by atoms with van der Waals surface area (Å²) >= 11 is 0. The van der Waals surface area contributed by atoms with Crippen LogP contribution in [0, 0.1) is 23.5 Å². The average Bonchev–Trinajstić information content (AvgIpc) is 2.43. The lowest BCUT2D eigenvalue weighted by atomic mass is 9.78. The van der Waals surface area contributed by atoms with Gasteiger partial charge in [-0.25, -0.2) is 8.78 Å². The standard InChI is InChI=1S/C15H15F5O/c16-12-3-1-2-10(14(12)17)8-13(21)9-4-6-11(7-5-9)15(18,19)20/h1-3,9,11H,4-8H2. The largest absolute Gasteiger partial charge is 0.391 e. The van der Waals surface area contributed by atoms with Crippen LogP contribution in [0.2, 0.25) is 0 Å². The van der Waals surface area contributed by atoms with Gasteiger partial charge in [0.25, 0.3) is 0 Å². The minimum Gasteiger partial charge on any atom is -0.299 e. The third-order valence-corrected chi connectivity index (χ3v) is 4.04. The Kier molecular flexibility index (Phi) is 4.64. The van der Waals surface area contributed by atoms with Crippen LogP contribution in [0.4, 0.5) is 22.0 Å². The normalized spacial score (nSPS) is 23.1. The maximum atomic E-state index is 13.5. The second kappa shape index (κ2) is 6.12. The van der Waals surface area contributed by atoms with Gasteiger partial charge in [-0.05, 0) is 37.3 Å². The van der Waals surface area contributed by atoms with Crippen molar-refractivity contribution in [2.45, 2.75) is 38.3 Å². The van der Waals surface area contributed by atoms with Crippen molar-refractivity contribution in [1.29, 1.82) is 0 Å². The van der Waals surface area contributed by atoms with E-state index < -0.39 is 29.6 Å². The minimum atomic E-state index is -4.22. The van der Waals surface area contributed by atoms with Crippen molar-refractivity contribution >= 4 is 5.78 Å². The monoisotopic (exact) mass is 306 g/mol. The first-order chi connectivity index (χ1) is 9.79. The Morgan fingerprint density at radius 1 is 1.10 bits per heavy atom. The van der Waals surface area contributed by atoms with Gasteiger partial charge in [-0.15, -0.1) is 0 Å². The van der Waals surface area contributed by atoms with Crippen molar-refractivity contribution in [3.63, 3.8) is 0 Å². The van der Waals surface area contributed by atoms with Crippen LogP contribution in [0.1, 0.15) is 31.2 Å². The molecule has 116 valence electrons. The third-order valence-electron chi connectivity index (χ3n) is 4.04. The summed E-state index contributed by atoms with van der Waals surface area (Å²) in [5.41, 5.74) is -0.0436. The van der Waals surface area contributed by atoms with Crippen LogP contribution in [0.5, 0.6) is 0 Å². The van der Waals surface area contributed by atoms with Gasteiger partial charge in [0.2, 0.25) is 0 Å². The Balaban J connectivity index is 1.95. The highest BCUT2D eigenvalue weighted by Gasteiger charge is 2.42.